The van der Waals surface area contributed by atoms with E-state index < -0.39 is 0 Å². The number of nitrogens with zero attached hydrogens (tertiary/aromatic N) is 1. The summed E-state index contributed by atoms with van der Waals surface area (Å²) < 4.78 is 1.21. The summed E-state index contributed by atoms with van der Waals surface area (Å²) in [5.41, 5.74) is 7.33. The zero-order valence-electron chi connectivity index (χ0n) is 10.1. The Morgan fingerprint density at radius 2 is 2.24 bits per heavy atom. The van der Waals surface area contributed by atoms with Crippen molar-refractivity contribution in [3.8, 4) is 0 Å². The molecule has 1 unspecified atom stereocenters. The van der Waals surface area contributed by atoms with Gasteiger partial charge in [0.15, 0.2) is 0 Å². The van der Waals surface area contributed by atoms with Gasteiger partial charge in [-0.05, 0) is 59.1 Å². The molecule has 0 spiro atoms. The monoisotopic (exact) mass is 334 g/mol. The Hall–Kier alpha value is 0.450. The van der Waals surface area contributed by atoms with Crippen molar-refractivity contribution in [1.29, 1.82) is 0 Å². The molecule has 2 nitrogen and oxygen atoms in total. The molecule has 0 radical (unpaired) electrons. The van der Waals surface area contributed by atoms with Crippen LogP contribution in [0.25, 0.3) is 0 Å². The Morgan fingerprint density at radius 3 is 2.71 bits per heavy atom. The van der Waals surface area contributed by atoms with Gasteiger partial charge >= 0.3 is 0 Å². The van der Waals surface area contributed by atoms with Crippen LogP contribution in [0, 0.1) is 0 Å². The average Bonchev–Trinajstić information content (AvgIpc) is 2.78. The number of thiophene rings is 1. The molecule has 1 saturated heterocycles. The van der Waals surface area contributed by atoms with E-state index in [-0.39, 0.29) is 0 Å². The third kappa shape index (κ3) is 3.26. The molecule has 1 fully saturated rings. The second kappa shape index (κ2) is 6.57. The van der Waals surface area contributed by atoms with Crippen LogP contribution >= 0.6 is 39.0 Å². The van der Waals surface area contributed by atoms with Crippen molar-refractivity contribution in [3.63, 3.8) is 0 Å². The molecule has 1 aliphatic heterocycles. The number of hydrogen-bond acceptors (Lipinski definition) is 4. The lowest BCUT2D eigenvalue weighted by Crippen LogP contribution is -2.40. The van der Waals surface area contributed by atoms with Crippen LogP contribution in [0.3, 0.4) is 0 Å². The van der Waals surface area contributed by atoms with E-state index in [1.807, 2.05) is 11.8 Å². The second-order valence-corrected chi connectivity index (χ2v) is 7.13. The van der Waals surface area contributed by atoms with Crippen LogP contribution in [0.4, 0.5) is 0 Å². The van der Waals surface area contributed by atoms with E-state index in [4.69, 9.17) is 5.73 Å². The summed E-state index contributed by atoms with van der Waals surface area (Å²) >= 11 is 7.37. The van der Waals surface area contributed by atoms with Gasteiger partial charge in [-0.3, -0.25) is 4.90 Å². The number of halogens is 1. The van der Waals surface area contributed by atoms with Crippen LogP contribution in [0.1, 0.15) is 24.4 Å². The molecule has 0 aliphatic carbocycles. The third-order valence-corrected chi connectivity index (χ3v) is 6.36. The molecule has 2 N–H and O–H groups in total. The van der Waals surface area contributed by atoms with Gasteiger partial charge in [0, 0.05) is 27.7 Å². The molecule has 96 valence electrons. The maximum atomic E-state index is 5.97. The van der Waals surface area contributed by atoms with Gasteiger partial charge in [-0.15, -0.1) is 0 Å². The predicted molar refractivity (Wildman–Crippen MR) is 81.9 cm³/mol. The van der Waals surface area contributed by atoms with E-state index in [0.717, 1.165) is 5.25 Å². The smallest absolute Gasteiger partial charge is 0.0489 e. The van der Waals surface area contributed by atoms with Crippen LogP contribution in [0.15, 0.2) is 15.2 Å². The number of nitrogens with two attached hydrogens (primary N) is 1. The Bertz CT molecular complexity index is 348. The second-order valence-electron chi connectivity index (χ2n) is 4.40. The summed E-state index contributed by atoms with van der Waals surface area (Å²) in [5, 5.41) is 5.21. The fraction of sp³-hybridized carbons (Fsp3) is 0.667. The van der Waals surface area contributed by atoms with Crippen LogP contribution in [-0.4, -0.2) is 36.0 Å². The van der Waals surface area contributed by atoms with Gasteiger partial charge in [0.05, 0.1) is 0 Å². The summed E-state index contributed by atoms with van der Waals surface area (Å²) in [6.45, 7) is 3.06. The Labute approximate surface area is 120 Å². The van der Waals surface area contributed by atoms with Gasteiger partial charge < -0.3 is 5.73 Å². The maximum Gasteiger partial charge on any atom is 0.0489 e. The van der Waals surface area contributed by atoms with Crippen molar-refractivity contribution in [2.24, 2.45) is 5.73 Å². The first-order valence-electron chi connectivity index (χ1n) is 5.94. The highest BCUT2D eigenvalue weighted by Gasteiger charge is 2.26. The lowest BCUT2D eigenvalue weighted by atomic mass is 10.0. The highest BCUT2D eigenvalue weighted by molar-refractivity contribution is 9.10. The number of thioether (sulfide) groups is 1. The summed E-state index contributed by atoms with van der Waals surface area (Å²) in [6, 6.07) is 0.387. The topological polar surface area (TPSA) is 29.3 Å². The van der Waals surface area contributed by atoms with Gasteiger partial charge in [0.2, 0.25) is 0 Å². The van der Waals surface area contributed by atoms with E-state index in [1.165, 1.54) is 36.0 Å². The molecule has 1 aromatic heterocycles. The molecule has 0 saturated carbocycles. The van der Waals surface area contributed by atoms with Gasteiger partial charge in [0.25, 0.3) is 0 Å². The van der Waals surface area contributed by atoms with Crippen LogP contribution in [-0.2, 0) is 0 Å². The first-order chi connectivity index (χ1) is 8.26. The van der Waals surface area contributed by atoms with E-state index >= 15 is 0 Å². The molecule has 2 rings (SSSR count). The zero-order valence-corrected chi connectivity index (χ0v) is 13.3. The number of rotatable bonds is 4. The van der Waals surface area contributed by atoms with Crippen molar-refractivity contribution >= 4 is 39.0 Å². The molecule has 1 atom stereocenters. The van der Waals surface area contributed by atoms with Crippen molar-refractivity contribution in [1.82, 2.24) is 4.90 Å². The minimum Gasteiger partial charge on any atom is -0.329 e. The first-order valence-corrected chi connectivity index (χ1v) is 8.97. The largest absolute Gasteiger partial charge is 0.329 e. The molecule has 2 heterocycles. The van der Waals surface area contributed by atoms with Crippen molar-refractivity contribution < 1.29 is 0 Å². The minimum atomic E-state index is 0.387. The third-order valence-electron chi connectivity index (χ3n) is 3.48. The molecule has 0 bridgehead atoms. The van der Waals surface area contributed by atoms with Gasteiger partial charge in [-0.25, -0.2) is 0 Å². The van der Waals surface area contributed by atoms with E-state index in [2.05, 4.69) is 37.8 Å². The minimum absolute atomic E-state index is 0.387. The highest BCUT2D eigenvalue weighted by atomic mass is 79.9. The standard InChI is InChI=1S/C12H19BrN2S2/c1-16-9-2-4-15(5-3-9)12(6-14)10-7-17-8-11(10)13/h7-9,12H,2-6,14H2,1H3. The van der Waals surface area contributed by atoms with Crippen LogP contribution < -0.4 is 5.73 Å². The Kier molecular flexibility index (Phi) is 5.36. The van der Waals surface area contributed by atoms with Crippen LogP contribution in [0.2, 0.25) is 0 Å². The van der Waals surface area contributed by atoms with Gasteiger partial charge in [0.1, 0.15) is 0 Å². The van der Waals surface area contributed by atoms with Crippen molar-refractivity contribution in [3.05, 3.63) is 20.8 Å². The molecule has 5 heteroatoms. The molecular formula is C12H19BrN2S2. The Balaban J connectivity index is 2.03. The molecular weight excluding hydrogens is 316 g/mol. The van der Waals surface area contributed by atoms with E-state index in [9.17, 15) is 0 Å². The molecule has 1 aliphatic rings. The summed E-state index contributed by atoms with van der Waals surface area (Å²) in [4.78, 5) is 2.54. The molecule has 1 aromatic rings. The quantitative estimate of drug-likeness (QED) is 0.915. The van der Waals surface area contributed by atoms with Gasteiger partial charge in [-0.2, -0.15) is 23.1 Å². The molecule has 17 heavy (non-hydrogen) atoms. The van der Waals surface area contributed by atoms with Crippen LogP contribution in [0.5, 0.6) is 0 Å². The lowest BCUT2D eigenvalue weighted by Gasteiger charge is -2.36. The number of likely N-dealkylation sites (tertiary alicyclic amines) is 1. The number of piperidine rings is 1. The first kappa shape index (κ1) is 13.9. The summed E-state index contributed by atoms with van der Waals surface area (Å²) in [6.07, 6.45) is 4.80. The molecule has 0 amide bonds. The molecule has 0 aromatic carbocycles. The lowest BCUT2D eigenvalue weighted by molar-refractivity contribution is 0.170. The predicted octanol–water partition coefficient (Wildman–Crippen LogP) is 3.34. The highest BCUT2D eigenvalue weighted by Crippen LogP contribution is 2.33. The summed E-state index contributed by atoms with van der Waals surface area (Å²) in [7, 11) is 0. The normalized spacial score (nSPS) is 20.6. The van der Waals surface area contributed by atoms with Crippen molar-refractivity contribution in [2.75, 3.05) is 25.9 Å². The van der Waals surface area contributed by atoms with Gasteiger partial charge in [-0.1, -0.05) is 0 Å². The summed E-state index contributed by atoms with van der Waals surface area (Å²) in [5.74, 6) is 0. The fourth-order valence-corrected chi connectivity index (χ4v) is 4.72. The maximum absolute atomic E-state index is 5.97. The van der Waals surface area contributed by atoms with Crippen molar-refractivity contribution in [2.45, 2.75) is 24.1 Å². The van der Waals surface area contributed by atoms with E-state index in [1.54, 1.807) is 11.3 Å². The average molecular weight is 335 g/mol. The number of hydrogen-bond donors (Lipinski definition) is 1. The SMILES string of the molecule is CSC1CCN(C(CN)c2cscc2Br)CC1. The Morgan fingerprint density at radius 1 is 1.53 bits per heavy atom. The zero-order chi connectivity index (χ0) is 12.3. The fourth-order valence-electron chi connectivity index (χ4n) is 2.42. The van der Waals surface area contributed by atoms with E-state index in [0.29, 0.717) is 12.6 Å².